The summed E-state index contributed by atoms with van der Waals surface area (Å²) in [5.41, 5.74) is 8.40. The fourth-order valence-electron chi connectivity index (χ4n) is 1.11. The Morgan fingerprint density at radius 2 is 2.25 bits per heavy atom. The molecule has 0 atom stereocenters. The molecule has 1 aromatic rings. The van der Waals surface area contributed by atoms with E-state index < -0.39 is 5.82 Å². The van der Waals surface area contributed by atoms with E-state index in [0.717, 1.165) is 6.07 Å². The van der Waals surface area contributed by atoms with Crippen molar-refractivity contribution < 1.29 is 13.9 Å². The number of ether oxygens (including phenoxy) is 2. The predicted molar refractivity (Wildman–Crippen MR) is 57.2 cm³/mol. The molecule has 0 unspecified atom stereocenters. The van der Waals surface area contributed by atoms with E-state index in [4.69, 9.17) is 15.0 Å². The molecule has 86 valence electrons. The van der Waals surface area contributed by atoms with E-state index in [1.165, 1.54) is 12.1 Å². The summed E-state index contributed by atoms with van der Waals surface area (Å²) in [6.45, 7) is 0.948. The van der Waals surface area contributed by atoms with Gasteiger partial charge in [-0.05, 0) is 23.7 Å². The van der Waals surface area contributed by atoms with Crippen molar-refractivity contribution in [1.29, 1.82) is 0 Å². The summed E-state index contributed by atoms with van der Waals surface area (Å²) < 4.78 is 23.4. The van der Waals surface area contributed by atoms with Gasteiger partial charge in [0, 0.05) is 30.7 Å². The fraction of sp³-hybridized carbons (Fsp3) is 0.400. The van der Waals surface area contributed by atoms with Gasteiger partial charge in [0.05, 0.1) is 6.61 Å². The zero-order valence-corrected chi connectivity index (χ0v) is 8.89. The van der Waals surface area contributed by atoms with Gasteiger partial charge in [-0.25, -0.2) is 4.39 Å². The highest BCUT2D eigenvalue weighted by atomic mass is 19.1. The molecule has 0 aliphatic heterocycles. The molecule has 0 aromatic heterocycles. The summed E-state index contributed by atoms with van der Waals surface area (Å²) >= 11 is 0. The van der Waals surface area contributed by atoms with Crippen LogP contribution in [0.2, 0.25) is 0 Å². The van der Waals surface area contributed by atoms with Crippen LogP contribution in [-0.4, -0.2) is 20.3 Å². The zero-order valence-electron chi connectivity index (χ0n) is 8.89. The highest BCUT2D eigenvalue weighted by Crippen LogP contribution is 2.23. The molecule has 0 aliphatic rings. The Balaban J connectivity index is 2.57. The minimum Gasteiger partial charge on any atom is -0.490 e. The fourth-order valence-corrected chi connectivity index (χ4v) is 1.11. The summed E-state index contributed by atoms with van der Waals surface area (Å²) in [5.74, 6) is -0.393. The van der Waals surface area contributed by atoms with Gasteiger partial charge in [0.25, 0.3) is 0 Å². The first kappa shape index (κ1) is 12.3. The second-order valence-electron chi connectivity index (χ2n) is 3.00. The number of hydrogen-bond acceptors (Lipinski definition) is 3. The van der Waals surface area contributed by atoms with Gasteiger partial charge in [-0.3, -0.25) is 0 Å². The maximum atomic E-state index is 13.3. The second kappa shape index (κ2) is 6.66. The van der Waals surface area contributed by atoms with Gasteiger partial charge >= 0.3 is 0 Å². The molecular weight excluding hydrogens is 213 g/mol. The summed E-state index contributed by atoms with van der Waals surface area (Å²) in [6, 6.07) is 4.06. The molecule has 0 saturated heterocycles. The topological polar surface area (TPSA) is 67.2 Å². The van der Waals surface area contributed by atoms with Gasteiger partial charge in [0.2, 0.25) is 0 Å². The first-order valence-electron chi connectivity index (χ1n) is 4.74. The third kappa shape index (κ3) is 3.76. The van der Waals surface area contributed by atoms with Crippen molar-refractivity contribution in [3.63, 3.8) is 0 Å². The molecule has 6 heteroatoms. The first-order valence-corrected chi connectivity index (χ1v) is 4.74. The van der Waals surface area contributed by atoms with Crippen LogP contribution in [0.15, 0.2) is 23.3 Å². The third-order valence-corrected chi connectivity index (χ3v) is 1.83. The molecule has 0 N–H and O–H groups in total. The largest absolute Gasteiger partial charge is 0.490 e. The standard InChI is InChI=1S/C10H12FN3O2/c1-15-5-2-6-16-10-4-3-8(13-14-12)7-9(10)11/h3-4,7H,2,5-6H2,1H3. The lowest BCUT2D eigenvalue weighted by atomic mass is 10.3. The van der Waals surface area contributed by atoms with Crippen molar-refractivity contribution in [3.8, 4) is 5.75 Å². The Bertz CT molecular complexity index is 392. The lowest BCUT2D eigenvalue weighted by Gasteiger charge is -2.06. The van der Waals surface area contributed by atoms with Crippen LogP contribution in [0.1, 0.15) is 6.42 Å². The molecule has 1 rings (SSSR count). The SMILES string of the molecule is COCCCOc1ccc(N=[N+]=[N-])cc1F. The normalized spacial score (nSPS) is 9.62. The quantitative estimate of drug-likeness (QED) is 0.323. The number of benzene rings is 1. The second-order valence-corrected chi connectivity index (χ2v) is 3.00. The van der Waals surface area contributed by atoms with Crippen LogP contribution >= 0.6 is 0 Å². The maximum absolute atomic E-state index is 13.3. The summed E-state index contributed by atoms with van der Waals surface area (Å²) in [4.78, 5) is 2.56. The van der Waals surface area contributed by atoms with Gasteiger partial charge in [-0.15, -0.1) is 0 Å². The van der Waals surface area contributed by atoms with E-state index >= 15 is 0 Å². The summed E-state index contributed by atoms with van der Waals surface area (Å²) in [7, 11) is 1.59. The predicted octanol–water partition coefficient (Wildman–Crippen LogP) is 3.18. The number of hydrogen-bond donors (Lipinski definition) is 0. The smallest absolute Gasteiger partial charge is 0.165 e. The van der Waals surface area contributed by atoms with Crippen LogP contribution in [0, 0.1) is 5.82 Å². The number of methoxy groups -OCH3 is 1. The van der Waals surface area contributed by atoms with E-state index in [9.17, 15) is 4.39 Å². The van der Waals surface area contributed by atoms with Gasteiger partial charge in [-0.2, -0.15) is 0 Å². The zero-order chi connectivity index (χ0) is 11.8. The Morgan fingerprint density at radius 3 is 2.88 bits per heavy atom. The van der Waals surface area contributed by atoms with Crippen LogP contribution in [0.25, 0.3) is 10.4 Å². The molecule has 0 saturated carbocycles. The molecule has 0 amide bonds. The molecular formula is C10H12FN3O2. The number of nitrogens with zero attached hydrogens (tertiary/aromatic N) is 3. The van der Waals surface area contributed by atoms with Crippen molar-refractivity contribution in [1.82, 2.24) is 0 Å². The van der Waals surface area contributed by atoms with E-state index in [2.05, 4.69) is 10.0 Å². The van der Waals surface area contributed by atoms with Crippen molar-refractivity contribution in [2.24, 2.45) is 5.11 Å². The number of azide groups is 1. The van der Waals surface area contributed by atoms with Gasteiger partial charge < -0.3 is 9.47 Å². The minimum atomic E-state index is -0.540. The average Bonchev–Trinajstić information content (AvgIpc) is 2.27. The van der Waals surface area contributed by atoms with Gasteiger partial charge in [0.1, 0.15) is 0 Å². The lowest BCUT2D eigenvalue weighted by molar-refractivity contribution is 0.170. The summed E-state index contributed by atoms with van der Waals surface area (Å²) in [6.07, 6.45) is 0.689. The molecule has 1 aromatic carbocycles. The van der Waals surface area contributed by atoms with Crippen molar-refractivity contribution >= 4 is 5.69 Å². The van der Waals surface area contributed by atoms with Crippen LogP contribution in [-0.2, 0) is 4.74 Å². The van der Waals surface area contributed by atoms with Crippen LogP contribution in [0.3, 0.4) is 0 Å². The van der Waals surface area contributed by atoms with E-state index in [0.29, 0.717) is 19.6 Å². The Hall–Kier alpha value is -1.78. The van der Waals surface area contributed by atoms with Crippen molar-refractivity contribution in [2.75, 3.05) is 20.3 Å². The molecule has 0 bridgehead atoms. The van der Waals surface area contributed by atoms with E-state index in [1.54, 1.807) is 7.11 Å². The number of halogens is 1. The Kier molecular flexibility index (Phi) is 5.11. The summed E-state index contributed by atoms with van der Waals surface area (Å²) in [5, 5.41) is 3.28. The Labute approximate surface area is 92.4 Å². The molecule has 5 nitrogen and oxygen atoms in total. The van der Waals surface area contributed by atoms with Crippen LogP contribution in [0.4, 0.5) is 10.1 Å². The molecule has 0 radical (unpaired) electrons. The van der Waals surface area contributed by atoms with Crippen molar-refractivity contribution in [3.05, 3.63) is 34.5 Å². The van der Waals surface area contributed by atoms with Crippen LogP contribution < -0.4 is 4.74 Å². The van der Waals surface area contributed by atoms with Gasteiger partial charge in [-0.1, -0.05) is 5.11 Å². The molecule has 0 aliphatic carbocycles. The molecule has 16 heavy (non-hydrogen) atoms. The maximum Gasteiger partial charge on any atom is 0.165 e. The Morgan fingerprint density at radius 1 is 1.44 bits per heavy atom. The molecule has 0 spiro atoms. The monoisotopic (exact) mass is 225 g/mol. The molecule has 0 fully saturated rings. The van der Waals surface area contributed by atoms with E-state index in [-0.39, 0.29) is 11.4 Å². The molecule has 0 heterocycles. The lowest BCUT2D eigenvalue weighted by Crippen LogP contribution is -2.02. The third-order valence-electron chi connectivity index (χ3n) is 1.83. The van der Waals surface area contributed by atoms with Gasteiger partial charge in [0.15, 0.2) is 11.6 Å². The average molecular weight is 225 g/mol. The van der Waals surface area contributed by atoms with Crippen molar-refractivity contribution in [2.45, 2.75) is 6.42 Å². The first-order chi connectivity index (χ1) is 7.77. The number of rotatable bonds is 6. The highest BCUT2D eigenvalue weighted by Gasteiger charge is 2.03. The van der Waals surface area contributed by atoms with E-state index in [1.807, 2.05) is 0 Å². The minimum absolute atomic E-state index is 0.146. The van der Waals surface area contributed by atoms with Crippen LogP contribution in [0.5, 0.6) is 5.75 Å². The highest BCUT2D eigenvalue weighted by molar-refractivity contribution is 5.42.